The van der Waals surface area contributed by atoms with E-state index < -0.39 is 17.7 Å². The normalized spacial score (nSPS) is 19.8. The lowest BCUT2D eigenvalue weighted by Gasteiger charge is -2.27. The molecule has 0 saturated heterocycles. The molecule has 0 spiro atoms. The maximum Gasteiger partial charge on any atom is 0.416 e. The summed E-state index contributed by atoms with van der Waals surface area (Å²) in [5, 5.41) is 9.20. The summed E-state index contributed by atoms with van der Waals surface area (Å²) >= 11 is 0. The van der Waals surface area contributed by atoms with Gasteiger partial charge in [0.1, 0.15) is 5.75 Å². The number of hydrogen-bond donors (Lipinski definition) is 1. The van der Waals surface area contributed by atoms with Crippen molar-refractivity contribution in [2.75, 3.05) is 7.11 Å². The number of ether oxygens (including phenoxy) is 1. The lowest BCUT2D eigenvalue weighted by Crippen LogP contribution is -2.20. The van der Waals surface area contributed by atoms with E-state index in [0.717, 1.165) is 35.6 Å². The summed E-state index contributed by atoms with van der Waals surface area (Å²) in [5.41, 5.74) is 2.55. The van der Waals surface area contributed by atoms with Crippen LogP contribution in [0.4, 0.5) is 13.2 Å². The van der Waals surface area contributed by atoms with Gasteiger partial charge < -0.3 is 9.84 Å². The van der Waals surface area contributed by atoms with E-state index in [1.54, 1.807) is 7.11 Å². The number of benzene rings is 2. The predicted octanol–water partition coefficient (Wildman–Crippen LogP) is 6.30. The van der Waals surface area contributed by atoms with E-state index in [4.69, 9.17) is 4.74 Å². The van der Waals surface area contributed by atoms with Gasteiger partial charge in [-0.15, -0.1) is 0 Å². The molecule has 1 fully saturated rings. The molecule has 0 heterocycles. The minimum Gasteiger partial charge on any atom is -0.496 e. The molecule has 0 aliphatic heterocycles. The van der Waals surface area contributed by atoms with Crippen LogP contribution in [-0.2, 0) is 17.4 Å². The number of carboxylic acid groups (broad SMARTS) is 1. The van der Waals surface area contributed by atoms with Gasteiger partial charge in [-0.25, -0.2) is 0 Å². The summed E-state index contributed by atoms with van der Waals surface area (Å²) in [6.07, 6.45) is -1.05. The van der Waals surface area contributed by atoms with E-state index in [0.29, 0.717) is 30.6 Å². The van der Waals surface area contributed by atoms with Gasteiger partial charge in [-0.3, -0.25) is 4.79 Å². The standard InChI is InChI=1S/C23H25F3O3/c1-3-14-12-18(23(24,25)26)9-10-19(14)20-13-17(8-11-21(20)29-2)15-4-6-16(7-5-15)22(27)28/h8-13,15-16H,3-7H2,1-2H3,(H,27,28). The number of hydrogen-bond acceptors (Lipinski definition) is 2. The number of aryl methyl sites for hydroxylation is 1. The fourth-order valence-electron chi connectivity index (χ4n) is 4.19. The zero-order chi connectivity index (χ0) is 21.2. The highest BCUT2D eigenvalue weighted by Gasteiger charge is 2.31. The largest absolute Gasteiger partial charge is 0.496 e. The number of rotatable bonds is 5. The second-order valence-electron chi connectivity index (χ2n) is 7.57. The first kappa shape index (κ1) is 21.2. The number of aliphatic carboxylic acids is 1. The van der Waals surface area contributed by atoms with Crippen LogP contribution in [0.1, 0.15) is 55.2 Å². The zero-order valence-electron chi connectivity index (χ0n) is 16.6. The molecule has 0 radical (unpaired) electrons. The Kier molecular flexibility index (Phi) is 6.20. The first-order valence-electron chi connectivity index (χ1n) is 9.85. The molecule has 3 nitrogen and oxygen atoms in total. The van der Waals surface area contributed by atoms with Crippen LogP contribution < -0.4 is 4.74 Å². The van der Waals surface area contributed by atoms with Crippen LogP contribution in [0.2, 0.25) is 0 Å². The van der Waals surface area contributed by atoms with Gasteiger partial charge >= 0.3 is 12.1 Å². The first-order chi connectivity index (χ1) is 13.7. The van der Waals surface area contributed by atoms with Crippen molar-refractivity contribution in [3.05, 3.63) is 53.1 Å². The molecule has 0 amide bonds. The van der Waals surface area contributed by atoms with Crippen molar-refractivity contribution in [2.24, 2.45) is 5.92 Å². The Morgan fingerprint density at radius 3 is 2.31 bits per heavy atom. The van der Waals surface area contributed by atoms with Crippen molar-refractivity contribution in [1.29, 1.82) is 0 Å². The third-order valence-electron chi connectivity index (χ3n) is 5.88. The number of carbonyl (C=O) groups is 1. The summed E-state index contributed by atoms with van der Waals surface area (Å²) in [4.78, 5) is 11.2. The molecular formula is C23H25F3O3. The second-order valence-corrected chi connectivity index (χ2v) is 7.57. The fourth-order valence-corrected chi connectivity index (χ4v) is 4.19. The van der Waals surface area contributed by atoms with Crippen molar-refractivity contribution in [1.82, 2.24) is 0 Å². The summed E-state index contributed by atoms with van der Waals surface area (Å²) in [6, 6.07) is 9.66. The molecule has 0 unspecified atom stereocenters. The first-order valence-corrected chi connectivity index (χ1v) is 9.85. The van der Waals surface area contributed by atoms with Gasteiger partial charge in [0.25, 0.3) is 0 Å². The maximum absolute atomic E-state index is 13.1. The van der Waals surface area contributed by atoms with Crippen LogP contribution in [-0.4, -0.2) is 18.2 Å². The molecule has 0 atom stereocenters. The lowest BCUT2D eigenvalue weighted by molar-refractivity contribution is -0.143. The van der Waals surface area contributed by atoms with Crippen LogP contribution in [0.25, 0.3) is 11.1 Å². The SMILES string of the molecule is CCc1cc(C(F)(F)F)ccc1-c1cc(C2CCC(C(=O)O)CC2)ccc1OC. The number of methoxy groups -OCH3 is 1. The van der Waals surface area contributed by atoms with E-state index in [1.807, 2.05) is 25.1 Å². The third-order valence-corrected chi connectivity index (χ3v) is 5.88. The minimum absolute atomic E-state index is 0.245. The maximum atomic E-state index is 13.1. The topological polar surface area (TPSA) is 46.5 Å². The molecule has 2 aromatic carbocycles. The summed E-state index contributed by atoms with van der Waals surface area (Å²) in [6.45, 7) is 1.84. The van der Waals surface area contributed by atoms with Crippen LogP contribution in [0.15, 0.2) is 36.4 Å². The summed E-state index contributed by atoms with van der Waals surface area (Å²) < 4.78 is 44.8. The number of alkyl halides is 3. The summed E-state index contributed by atoms with van der Waals surface area (Å²) in [5.74, 6) is -0.168. The molecule has 1 saturated carbocycles. The Morgan fingerprint density at radius 2 is 1.76 bits per heavy atom. The fraction of sp³-hybridized carbons (Fsp3) is 0.435. The summed E-state index contributed by atoms with van der Waals surface area (Å²) in [7, 11) is 1.55. The molecule has 3 rings (SSSR count). The highest BCUT2D eigenvalue weighted by molar-refractivity contribution is 5.75. The molecule has 1 aliphatic rings. The quantitative estimate of drug-likeness (QED) is 0.634. The molecule has 0 aromatic heterocycles. The van der Waals surface area contributed by atoms with Gasteiger partial charge in [-0.05, 0) is 79.0 Å². The van der Waals surface area contributed by atoms with Crippen molar-refractivity contribution in [3.63, 3.8) is 0 Å². The van der Waals surface area contributed by atoms with Crippen molar-refractivity contribution >= 4 is 5.97 Å². The van der Waals surface area contributed by atoms with Crippen molar-refractivity contribution < 1.29 is 27.8 Å². The Bertz CT molecular complexity index is 881. The Labute approximate surface area is 168 Å². The number of carboxylic acids is 1. The van der Waals surface area contributed by atoms with Crippen LogP contribution >= 0.6 is 0 Å². The van der Waals surface area contributed by atoms with Crippen molar-refractivity contribution in [2.45, 2.75) is 51.1 Å². The molecule has 29 heavy (non-hydrogen) atoms. The lowest BCUT2D eigenvalue weighted by atomic mass is 9.78. The molecular weight excluding hydrogens is 381 g/mol. The average Bonchev–Trinajstić information content (AvgIpc) is 2.72. The molecule has 2 aromatic rings. The predicted molar refractivity (Wildman–Crippen MR) is 105 cm³/mol. The zero-order valence-corrected chi connectivity index (χ0v) is 16.6. The van der Waals surface area contributed by atoms with E-state index in [9.17, 15) is 23.1 Å². The Hall–Kier alpha value is -2.50. The van der Waals surface area contributed by atoms with Crippen LogP contribution in [0.3, 0.4) is 0 Å². The minimum atomic E-state index is -4.38. The van der Waals surface area contributed by atoms with E-state index in [-0.39, 0.29) is 11.8 Å². The van der Waals surface area contributed by atoms with Crippen LogP contribution in [0.5, 0.6) is 5.75 Å². The van der Waals surface area contributed by atoms with Gasteiger partial charge in [0.15, 0.2) is 0 Å². The second kappa shape index (κ2) is 8.47. The molecule has 6 heteroatoms. The van der Waals surface area contributed by atoms with Gasteiger partial charge in [0.2, 0.25) is 0 Å². The monoisotopic (exact) mass is 406 g/mol. The molecule has 156 valence electrons. The van der Waals surface area contributed by atoms with E-state index in [1.165, 1.54) is 12.1 Å². The van der Waals surface area contributed by atoms with Gasteiger partial charge in [-0.1, -0.05) is 19.1 Å². The van der Waals surface area contributed by atoms with Gasteiger partial charge in [-0.2, -0.15) is 13.2 Å². The van der Waals surface area contributed by atoms with E-state index >= 15 is 0 Å². The van der Waals surface area contributed by atoms with Gasteiger partial charge in [0.05, 0.1) is 18.6 Å². The van der Waals surface area contributed by atoms with E-state index in [2.05, 4.69) is 0 Å². The highest BCUT2D eigenvalue weighted by atomic mass is 19.4. The van der Waals surface area contributed by atoms with Crippen LogP contribution in [0, 0.1) is 5.92 Å². The molecule has 1 N–H and O–H groups in total. The third kappa shape index (κ3) is 4.57. The average molecular weight is 406 g/mol. The Balaban J connectivity index is 1.97. The molecule has 0 bridgehead atoms. The molecule has 1 aliphatic carbocycles. The Morgan fingerprint density at radius 1 is 1.07 bits per heavy atom. The smallest absolute Gasteiger partial charge is 0.416 e. The van der Waals surface area contributed by atoms with Gasteiger partial charge in [0, 0.05) is 5.56 Å². The number of halogens is 3. The highest BCUT2D eigenvalue weighted by Crippen LogP contribution is 2.41. The van der Waals surface area contributed by atoms with Crippen molar-refractivity contribution in [3.8, 4) is 16.9 Å².